The average molecular weight is 286 g/mol. The molecule has 1 atom stereocenters. The van der Waals surface area contributed by atoms with Crippen LogP contribution in [0.25, 0.3) is 0 Å². The molecule has 0 heterocycles. The van der Waals surface area contributed by atoms with E-state index in [1.807, 2.05) is 0 Å². The average Bonchev–Trinajstić information content (AvgIpc) is 2.37. The summed E-state index contributed by atoms with van der Waals surface area (Å²) >= 11 is 0. The smallest absolute Gasteiger partial charge is 0.326 e. The van der Waals surface area contributed by atoms with Crippen LogP contribution in [0.5, 0.6) is 0 Å². The molecule has 0 fully saturated rings. The summed E-state index contributed by atoms with van der Waals surface area (Å²) in [6.45, 7) is 0.372. The lowest BCUT2D eigenvalue weighted by Gasteiger charge is -2.15. The van der Waals surface area contributed by atoms with Gasteiger partial charge in [0.2, 0.25) is 0 Å². The van der Waals surface area contributed by atoms with Crippen LogP contribution in [0.3, 0.4) is 0 Å². The number of hydrogen-bond donors (Lipinski definition) is 2. The summed E-state index contributed by atoms with van der Waals surface area (Å²) in [5.41, 5.74) is -0.524. The maximum atomic E-state index is 13.1. The Morgan fingerprint density at radius 1 is 1.60 bits per heavy atom. The van der Waals surface area contributed by atoms with Crippen LogP contribution in [0.15, 0.2) is 18.2 Å². The van der Waals surface area contributed by atoms with E-state index >= 15 is 0 Å². The number of nitro groups is 1. The first-order valence-corrected chi connectivity index (χ1v) is 5.88. The lowest BCUT2D eigenvalue weighted by atomic mass is 10.1. The summed E-state index contributed by atoms with van der Waals surface area (Å²) < 4.78 is 18.0. The molecule has 0 amide bonds. The summed E-state index contributed by atoms with van der Waals surface area (Å²) in [5, 5.41) is 22.4. The summed E-state index contributed by atoms with van der Waals surface area (Å²) in [6, 6.07) is 1.80. The molecule has 8 heteroatoms. The minimum atomic E-state index is -1.17. The van der Waals surface area contributed by atoms with Crippen LogP contribution in [0, 0.1) is 15.9 Å². The van der Waals surface area contributed by atoms with Crippen molar-refractivity contribution in [1.82, 2.24) is 0 Å². The van der Waals surface area contributed by atoms with Crippen LogP contribution in [0.4, 0.5) is 15.8 Å². The normalized spacial score (nSPS) is 11.9. The highest BCUT2D eigenvalue weighted by Crippen LogP contribution is 2.26. The van der Waals surface area contributed by atoms with Gasteiger partial charge in [-0.25, -0.2) is 9.18 Å². The molecule has 1 unspecified atom stereocenters. The number of methoxy groups -OCH3 is 1. The van der Waals surface area contributed by atoms with Crippen LogP contribution in [-0.4, -0.2) is 35.8 Å². The number of carboxylic acids is 1. The van der Waals surface area contributed by atoms with Crippen LogP contribution in [0.1, 0.15) is 12.8 Å². The zero-order valence-electron chi connectivity index (χ0n) is 10.8. The number of carbonyl (C=O) groups is 1. The number of nitrogens with zero attached hydrogens (tertiary/aromatic N) is 1. The fourth-order valence-electron chi connectivity index (χ4n) is 1.66. The molecule has 0 radical (unpaired) electrons. The van der Waals surface area contributed by atoms with Gasteiger partial charge in [0.15, 0.2) is 0 Å². The zero-order valence-corrected chi connectivity index (χ0v) is 10.8. The number of halogens is 1. The number of nitrogens with one attached hydrogen (secondary N) is 1. The summed E-state index contributed by atoms with van der Waals surface area (Å²) in [4.78, 5) is 21.2. The molecule has 1 rings (SSSR count). The predicted molar refractivity (Wildman–Crippen MR) is 69.2 cm³/mol. The number of nitro benzene ring substituents is 1. The highest BCUT2D eigenvalue weighted by atomic mass is 19.1. The molecule has 0 aromatic heterocycles. The fraction of sp³-hybridized carbons (Fsp3) is 0.417. The van der Waals surface area contributed by atoms with Gasteiger partial charge in [0.25, 0.3) is 5.69 Å². The number of benzene rings is 1. The van der Waals surface area contributed by atoms with Crippen molar-refractivity contribution in [3.63, 3.8) is 0 Å². The van der Waals surface area contributed by atoms with E-state index in [-0.39, 0.29) is 17.8 Å². The first-order valence-electron chi connectivity index (χ1n) is 5.88. The van der Waals surface area contributed by atoms with E-state index < -0.39 is 22.8 Å². The van der Waals surface area contributed by atoms with Gasteiger partial charge in [-0.15, -0.1) is 0 Å². The van der Waals surface area contributed by atoms with Crippen LogP contribution < -0.4 is 5.32 Å². The molecule has 0 saturated heterocycles. The van der Waals surface area contributed by atoms with Crippen molar-refractivity contribution in [2.75, 3.05) is 19.0 Å². The maximum absolute atomic E-state index is 13.1. The van der Waals surface area contributed by atoms with Gasteiger partial charge in [-0.1, -0.05) is 0 Å². The Morgan fingerprint density at radius 2 is 2.30 bits per heavy atom. The Bertz CT molecular complexity index is 495. The quantitative estimate of drug-likeness (QED) is 0.430. The van der Waals surface area contributed by atoms with E-state index in [0.29, 0.717) is 13.0 Å². The van der Waals surface area contributed by atoms with Gasteiger partial charge in [-0.05, 0) is 18.9 Å². The first-order chi connectivity index (χ1) is 9.45. The third kappa shape index (κ3) is 4.47. The molecular formula is C12H15FN2O5. The van der Waals surface area contributed by atoms with Gasteiger partial charge in [-0.2, -0.15) is 0 Å². The number of carboxylic acid groups (broad SMARTS) is 1. The summed E-state index contributed by atoms with van der Waals surface area (Å²) in [5.74, 6) is -1.85. The summed E-state index contributed by atoms with van der Waals surface area (Å²) in [7, 11) is 1.49. The van der Waals surface area contributed by atoms with Crippen molar-refractivity contribution < 1.29 is 24.0 Å². The van der Waals surface area contributed by atoms with E-state index in [1.54, 1.807) is 0 Å². The largest absolute Gasteiger partial charge is 0.480 e. The molecule has 110 valence electrons. The van der Waals surface area contributed by atoms with Crippen molar-refractivity contribution in [1.29, 1.82) is 0 Å². The van der Waals surface area contributed by atoms with Crippen molar-refractivity contribution in [2.24, 2.45) is 0 Å². The number of rotatable bonds is 8. The lowest BCUT2D eigenvalue weighted by Crippen LogP contribution is -2.29. The third-order valence-corrected chi connectivity index (χ3v) is 2.62. The predicted octanol–water partition coefficient (Wildman–Crippen LogP) is 2.03. The molecule has 0 aliphatic heterocycles. The van der Waals surface area contributed by atoms with Gasteiger partial charge in [-0.3, -0.25) is 10.1 Å². The van der Waals surface area contributed by atoms with Crippen molar-refractivity contribution in [3.8, 4) is 0 Å². The molecule has 7 nitrogen and oxygen atoms in total. The molecular weight excluding hydrogens is 271 g/mol. The number of ether oxygens (including phenoxy) is 1. The third-order valence-electron chi connectivity index (χ3n) is 2.62. The summed E-state index contributed by atoms with van der Waals surface area (Å²) in [6.07, 6.45) is 0.667. The standard InChI is InChI=1S/C12H15FN2O5/c1-20-6-2-3-9(12(16)17)14-10-7-8(13)4-5-11(10)15(18)19/h4-5,7,9,14H,2-3,6H2,1H3,(H,16,17). The fourth-order valence-corrected chi connectivity index (χ4v) is 1.66. The molecule has 20 heavy (non-hydrogen) atoms. The minimum absolute atomic E-state index is 0.153. The number of aliphatic carboxylic acids is 1. The van der Waals surface area contributed by atoms with Gasteiger partial charge in [0.05, 0.1) is 4.92 Å². The Labute approximate surface area is 114 Å². The van der Waals surface area contributed by atoms with Gasteiger partial charge in [0.1, 0.15) is 17.5 Å². The van der Waals surface area contributed by atoms with Gasteiger partial charge < -0.3 is 15.2 Å². The van der Waals surface area contributed by atoms with Crippen LogP contribution >= 0.6 is 0 Å². The van der Waals surface area contributed by atoms with Crippen LogP contribution in [0.2, 0.25) is 0 Å². The van der Waals surface area contributed by atoms with Crippen LogP contribution in [-0.2, 0) is 9.53 Å². The van der Waals surface area contributed by atoms with Gasteiger partial charge >= 0.3 is 5.97 Å². The highest BCUT2D eigenvalue weighted by Gasteiger charge is 2.22. The second-order valence-electron chi connectivity index (χ2n) is 4.09. The molecule has 0 spiro atoms. The van der Waals surface area contributed by atoms with Crippen molar-refractivity contribution in [2.45, 2.75) is 18.9 Å². The molecule has 1 aromatic rings. The number of hydrogen-bond acceptors (Lipinski definition) is 5. The second-order valence-corrected chi connectivity index (χ2v) is 4.09. The van der Waals surface area contributed by atoms with Crippen molar-refractivity contribution >= 4 is 17.3 Å². The maximum Gasteiger partial charge on any atom is 0.326 e. The van der Waals surface area contributed by atoms with E-state index in [4.69, 9.17) is 9.84 Å². The zero-order chi connectivity index (χ0) is 15.1. The molecule has 0 aliphatic rings. The van der Waals surface area contributed by atoms with E-state index in [9.17, 15) is 19.3 Å². The molecule has 0 aliphatic carbocycles. The molecule has 0 bridgehead atoms. The van der Waals surface area contributed by atoms with Crippen molar-refractivity contribution in [3.05, 3.63) is 34.1 Å². The first kappa shape index (κ1) is 15.8. The van der Waals surface area contributed by atoms with Gasteiger partial charge in [0, 0.05) is 25.8 Å². The highest BCUT2D eigenvalue weighted by molar-refractivity contribution is 5.78. The Hall–Kier alpha value is -2.22. The topological polar surface area (TPSA) is 102 Å². The molecule has 2 N–H and O–H groups in total. The minimum Gasteiger partial charge on any atom is -0.480 e. The molecule has 0 saturated carbocycles. The monoisotopic (exact) mass is 286 g/mol. The number of anilines is 1. The van der Waals surface area contributed by atoms with E-state index in [2.05, 4.69) is 5.32 Å². The Kier molecular flexibility index (Phi) is 5.85. The second kappa shape index (κ2) is 7.39. The van der Waals surface area contributed by atoms with E-state index in [1.165, 1.54) is 7.11 Å². The molecule has 1 aromatic carbocycles. The SMILES string of the molecule is COCCCC(Nc1cc(F)ccc1[N+](=O)[O-])C(=O)O. The Balaban J connectivity index is 2.89. The van der Waals surface area contributed by atoms with E-state index in [0.717, 1.165) is 18.2 Å². The lowest BCUT2D eigenvalue weighted by molar-refractivity contribution is -0.384. The Morgan fingerprint density at radius 3 is 2.85 bits per heavy atom.